The molecule has 0 spiro atoms. The van der Waals surface area contributed by atoms with Gasteiger partial charge >= 0.3 is 5.82 Å². The lowest BCUT2D eigenvalue weighted by atomic mass is 10.1. The summed E-state index contributed by atoms with van der Waals surface area (Å²) in [5.41, 5.74) is 2.75. The zero-order valence-corrected chi connectivity index (χ0v) is 15.4. The molecule has 0 bridgehead atoms. The summed E-state index contributed by atoms with van der Waals surface area (Å²) in [7, 11) is 0. The Kier molecular flexibility index (Phi) is 4.81. The molecule has 140 valence electrons. The SMILES string of the molecule is O=C(Cn1ccc([N+](=O)[O-])n1)Nc1ccc(Cc2nc3ccccc3s2)cc1. The second kappa shape index (κ2) is 7.57. The average Bonchev–Trinajstić information content (AvgIpc) is 3.29. The summed E-state index contributed by atoms with van der Waals surface area (Å²) in [6.07, 6.45) is 2.13. The van der Waals surface area contributed by atoms with Crippen molar-refractivity contribution in [3.8, 4) is 0 Å². The lowest BCUT2D eigenvalue weighted by Gasteiger charge is -2.05. The van der Waals surface area contributed by atoms with Crippen molar-refractivity contribution in [3.63, 3.8) is 0 Å². The van der Waals surface area contributed by atoms with Crippen LogP contribution in [0.1, 0.15) is 10.6 Å². The third kappa shape index (κ3) is 4.04. The Bertz CT molecular complexity index is 1120. The molecule has 8 nitrogen and oxygen atoms in total. The van der Waals surface area contributed by atoms with Gasteiger partial charge in [-0.05, 0) is 34.8 Å². The largest absolute Gasteiger partial charge is 0.389 e. The minimum atomic E-state index is -0.599. The molecule has 0 unspecified atom stereocenters. The van der Waals surface area contributed by atoms with Crippen molar-refractivity contribution in [2.45, 2.75) is 13.0 Å². The number of amides is 1. The number of benzene rings is 2. The molecule has 1 amide bonds. The molecule has 0 fully saturated rings. The van der Waals surface area contributed by atoms with Crippen molar-refractivity contribution in [1.29, 1.82) is 0 Å². The number of anilines is 1. The molecule has 9 heteroatoms. The Labute approximate surface area is 163 Å². The van der Waals surface area contributed by atoms with Crippen molar-refractivity contribution < 1.29 is 9.72 Å². The maximum Gasteiger partial charge on any atom is 0.389 e. The zero-order valence-electron chi connectivity index (χ0n) is 14.6. The van der Waals surface area contributed by atoms with E-state index in [0.717, 1.165) is 22.5 Å². The molecule has 1 N–H and O–H groups in total. The van der Waals surface area contributed by atoms with Crippen LogP contribution in [0.25, 0.3) is 10.2 Å². The Morgan fingerprint density at radius 2 is 1.93 bits per heavy atom. The van der Waals surface area contributed by atoms with Crippen LogP contribution >= 0.6 is 11.3 Å². The van der Waals surface area contributed by atoms with Gasteiger partial charge < -0.3 is 15.4 Å². The highest BCUT2D eigenvalue weighted by molar-refractivity contribution is 7.18. The number of nitro groups is 1. The summed E-state index contributed by atoms with van der Waals surface area (Å²) in [5, 5.41) is 18.2. The summed E-state index contributed by atoms with van der Waals surface area (Å²) >= 11 is 1.67. The second-order valence-corrected chi connectivity index (χ2v) is 7.24. The fraction of sp³-hybridized carbons (Fsp3) is 0.105. The van der Waals surface area contributed by atoms with E-state index in [4.69, 9.17) is 0 Å². The molecule has 0 atom stereocenters. The molecule has 28 heavy (non-hydrogen) atoms. The standard InChI is InChI=1S/C19H15N5O3S/c25-18(12-23-10-9-17(22-23)24(26)27)20-14-7-5-13(6-8-14)11-19-21-15-3-1-2-4-16(15)28-19/h1-10H,11-12H2,(H,20,25). The van der Waals surface area contributed by atoms with Crippen molar-refractivity contribution >= 4 is 39.0 Å². The van der Waals surface area contributed by atoms with Crippen LogP contribution in [0, 0.1) is 10.1 Å². The number of nitrogens with one attached hydrogen (secondary N) is 1. The van der Waals surface area contributed by atoms with Gasteiger partial charge in [0.1, 0.15) is 6.54 Å². The van der Waals surface area contributed by atoms with E-state index >= 15 is 0 Å². The number of aromatic nitrogens is 3. The first-order chi connectivity index (χ1) is 13.6. The molecule has 2 aromatic carbocycles. The minimum Gasteiger partial charge on any atom is -0.358 e. The van der Waals surface area contributed by atoms with Crippen LogP contribution in [0.5, 0.6) is 0 Å². The van der Waals surface area contributed by atoms with Crippen LogP contribution < -0.4 is 5.32 Å². The van der Waals surface area contributed by atoms with Crippen molar-refractivity contribution in [3.05, 3.63) is 81.5 Å². The lowest BCUT2D eigenvalue weighted by Crippen LogP contribution is -2.19. The van der Waals surface area contributed by atoms with E-state index in [1.165, 1.54) is 21.6 Å². The van der Waals surface area contributed by atoms with E-state index in [2.05, 4.69) is 21.5 Å². The molecule has 4 aromatic rings. The fourth-order valence-corrected chi connectivity index (χ4v) is 3.76. The van der Waals surface area contributed by atoms with Gasteiger partial charge in [0, 0.05) is 12.1 Å². The van der Waals surface area contributed by atoms with Gasteiger partial charge in [-0.3, -0.25) is 4.79 Å². The Morgan fingerprint density at radius 3 is 2.64 bits per heavy atom. The third-order valence-electron chi connectivity index (χ3n) is 4.05. The molecule has 0 saturated carbocycles. The van der Waals surface area contributed by atoms with E-state index in [-0.39, 0.29) is 18.3 Å². The van der Waals surface area contributed by atoms with Gasteiger partial charge in [0.2, 0.25) is 5.91 Å². The summed E-state index contributed by atoms with van der Waals surface area (Å²) in [4.78, 5) is 26.7. The van der Waals surface area contributed by atoms with Gasteiger partial charge in [-0.2, -0.15) is 4.68 Å². The highest BCUT2D eigenvalue weighted by Gasteiger charge is 2.13. The van der Waals surface area contributed by atoms with E-state index in [9.17, 15) is 14.9 Å². The van der Waals surface area contributed by atoms with Crippen molar-refractivity contribution in [1.82, 2.24) is 14.8 Å². The molecule has 0 aliphatic carbocycles. The van der Waals surface area contributed by atoms with Gasteiger partial charge in [-0.1, -0.05) is 24.3 Å². The van der Waals surface area contributed by atoms with Crippen LogP contribution in [0.4, 0.5) is 11.5 Å². The maximum absolute atomic E-state index is 12.1. The number of thiazole rings is 1. The molecular formula is C19H15N5O3S. The average molecular weight is 393 g/mol. The van der Waals surface area contributed by atoms with Crippen LogP contribution in [-0.2, 0) is 17.8 Å². The van der Waals surface area contributed by atoms with E-state index in [1.54, 1.807) is 11.3 Å². The van der Waals surface area contributed by atoms with Gasteiger partial charge in [-0.15, -0.1) is 11.3 Å². The topological polar surface area (TPSA) is 103 Å². The van der Waals surface area contributed by atoms with Gasteiger partial charge in [0.25, 0.3) is 0 Å². The number of hydrogen-bond donors (Lipinski definition) is 1. The lowest BCUT2D eigenvalue weighted by molar-refractivity contribution is -0.389. The first-order valence-corrected chi connectivity index (χ1v) is 9.29. The Morgan fingerprint density at radius 1 is 1.14 bits per heavy atom. The predicted molar refractivity (Wildman–Crippen MR) is 106 cm³/mol. The van der Waals surface area contributed by atoms with Crippen LogP contribution in [0.2, 0.25) is 0 Å². The van der Waals surface area contributed by atoms with Gasteiger partial charge in [0.15, 0.2) is 0 Å². The monoisotopic (exact) mass is 393 g/mol. The summed E-state index contributed by atoms with van der Waals surface area (Å²) in [5.74, 6) is -0.594. The summed E-state index contributed by atoms with van der Waals surface area (Å²) in [6, 6.07) is 16.8. The molecule has 0 aliphatic heterocycles. The van der Waals surface area contributed by atoms with Crippen LogP contribution in [-0.4, -0.2) is 25.6 Å². The first-order valence-electron chi connectivity index (χ1n) is 8.48. The maximum atomic E-state index is 12.1. The number of carbonyl (C=O) groups excluding carboxylic acids is 1. The van der Waals surface area contributed by atoms with Gasteiger partial charge in [0.05, 0.1) is 32.6 Å². The molecule has 2 aromatic heterocycles. The highest BCUT2D eigenvalue weighted by atomic mass is 32.1. The Hall–Kier alpha value is -3.59. The zero-order chi connectivity index (χ0) is 19.5. The van der Waals surface area contributed by atoms with Gasteiger partial charge in [-0.25, -0.2) is 4.98 Å². The molecule has 4 rings (SSSR count). The van der Waals surface area contributed by atoms with E-state index in [0.29, 0.717) is 5.69 Å². The van der Waals surface area contributed by atoms with Crippen LogP contribution in [0.15, 0.2) is 60.8 Å². The minimum absolute atomic E-state index is 0.0959. The molecule has 0 saturated heterocycles. The fourth-order valence-electron chi connectivity index (χ4n) is 2.76. The molecule has 0 aliphatic rings. The summed E-state index contributed by atoms with van der Waals surface area (Å²) in [6.45, 7) is -0.0959. The smallest absolute Gasteiger partial charge is 0.358 e. The highest BCUT2D eigenvalue weighted by Crippen LogP contribution is 2.24. The number of para-hydroxylation sites is 1. The normalized spacial score (nSPS) is 10.9. The van der Waals surface area contributed by atoms with Crippen molar-refractivity contribution in [2.75, 3.05) is 5.32 Å². The number of fused-ring (bicyclic) bond motifs is 1. The van der Waals surface area contributed by atoms with E-state index in [1.807, 2.05) is 42.5 Å². The predicted octanol–water partition coefficient (Wildman–Crippen LogP) is 3.63. The van der Waals surface area contributed by atoms with E-state index < -0.39 is 4.92 Å². The summed E-state index contributed by atoms with van der Waals surface area (Å²) < 4.78 is 2.40. The first kappa shape index (κ1) is 17.8. The quantitative estimate of drug-likeness (QED) is 0.398. The molecular weight excluding hydrogens is 378 g/mol. The number of carbonyl (C=O) groups is 1. The Balaban J connectivity index is 1.37. The molecule has 2 heterocycles. The second-order valence-electron chi connectivity index (χ2n) is 6.13. The number of nitrogens with zero attached hydrogens (tertiary/aromatic N) is 4. The molecule has 0 radical (unpaired) electrons. The van der Waals surface area contributed by atoms with Crippen LogP contribution in [0.3, 0.4) is 0 Å². The number of rotatable bonds is 6. The number of hydrogen-bond acceptors (Lipinski definition) is 6. The third-order valence-corrected chi connectivity index (χ3v) is 5.09. The van der Waals surface area contributed by atoms with Crippen molar-refractivity contribution in [2.24, 2.45) is 0 Å².